The van der Waals surface area contributed by atoms with E-state index in [4.69, 9.17) is 5.84 Å². The quantitative estimate of drug-likeness (QED) is 0.483. The zero-order valence-corrected chi connectivity index (χ0v) is 11.0. The van der Waals surface area contributed by atoms with E-state index in [0.29, 0.717) is 18.7 Å². The van der Waals surface area contributed by atoms with Crippen molar-refractivity contribution in [1.82, 2.24) is 15.3 Å². The molecule has 1 fully saturated rings. The molecular weight excluding hydrogens is 270 g/mol. The molecule has 1 aromatic heterocycles. The van der Waals surface area contributed by atoms with Gasteiger partial charge < -0.3 is 10.7 Å². The van der Waals surface area contributed by atoms with Gasteiger partial charge in [-0.3, -0.25) is 4.79 Å². The topological polar surface area (TPSA) is 127 Å². The molecule has 0 bridgehead atoms. The summed E-state index contributed by atoms with van der Waals surface area (Å²) in [5, 5.41) is 2.66. The number of anilines is 1. The molecule has 8 nitrogen and oxygen atoms in total. The van der Waals surface area contributed by atoms with Crippen molar-refractivity contribution in [1.29, 1.82) is 0 Å². The molecule has 0 aromatic carbocycles. The van der Waals surface area contributed by atoms with E-state index in [-0.39, 0.29) is 23.2 Å². The molecule has 2 rings (SSSR count). The summed E-state index contributed by atoms with van der Waals surface area (Å²) in [7, 11) is -3.05. The number of amides is 1. The van der Waals surface area contributed by atoms with E-state index in [9.17, 15) is 13.2 Å². The van der Waals surface area contributed by atoms with Crippen molar-refractivity contribution in [2.45, 2.75) is 18.9 Å². The van der Waals surface area contributed by atoms with Crippen LogP contribution < -0.4 is 16.6 Å². The lowest BCUT2D eigenvalue weighted by Gasteiger charge is -2.22. The smallest absolute Gasteiger partial charge is 0.271 e. The monoisotopic (exact) mass is 285 g/mol. The normalized spacial score (nSPS) is 21.6. The van der Waals surface area contributed by atoms with Gasteiger partial charge in [0.15, 0.2) is 15.7 Å². The Kier molecular flexibility index (Phi) is 3.96. The fourth-order valence-electron chi connectivity index (χ4n) is 1.92. The first kappa shape index (κ1) is 13.7. The minimum atomic E-state index is -3.05. The van der Waals surface area contributed by atoms with Gasteiger partial charge in [-0.2, -0.15) is 0 Å². The van der Waals surface area contributed by atoms with Gasteiger partial charge in [0.05, 0.1) is 23.9 Å². The third-order valence-electron chi connectivity index (χ3n) is 2.83. The summed E-state index contributed by atoms with van der Waals surface area (Å²) < 4.78 is 22.9. The highest BCUT2D eigenvalue weighted by Gasteiger charge is 2.26. The van der Waals surface area contributed by atoms with Crippen molar-refractivity contribution in [2.75, 3.05) is 16.9 Å². The summed E-state index contributed by atoms with van der Waals surface area (Å²) in [5.41, 5.74) is 2.43. The maximum Gasteiger partial charge on any atom is 0.271 e. The minimum Gasteiger partial charge on any atom is -0.347 e. The Morgan fingerprint density at radius 1 is 1.37 bits per heavy atom. The first-order valence-corrected chi connectivity index (χ1v) is 7.62. The zero-order chi connectivity index (χ0) is 13.9. The third kappa shape index (κ3) is 3.61. The van der Waals surface area contributed by atoms with E-state index in [0.717, 1.165) is 0 Å². The average molecular weight is 285 g/mol. The first-order valence-electron chi connectivity index (χ1n) is 5.80. The second-order valence-corrected chi connectivity index (χ2v) is 6.59. The summed E-state index contributed by atoms with van der Waals surface area (Å²) in [6.07, 6.45) is 3.82. The third-order valence-corrected chi connectivity index (χ3v) is 4.65. The number of sulfone groups is 1. The van der Waals surface area contributed by atoms with Crippen LogP contribution in [0, 0.1) is 0 Å². The molecule has 4 N–H and O–H groups in total. The van der Waals surface area contributed by atoms with Gasteiger partial charge in [0.1, 0.15) is 5.69 Å². The maximum atomic E-state index is 11.9. The van der Waals surface area contributed by atoms with Crippen LogP contribution in [0.4, 0.5) is 5.82 Å². The number of hydrogen-bond donors (Lipinski definition) is 3. The summed E-state index contributed by atoms with van der Waals surface area (Å²) in [6.45, 7) is 0. The van der Waals surface area contributed by atoms with Crippen LogP contribution in [-0.4, -0.2) is 41.8 Å². The number of hydrazine groups is 1. The van der Waals surface area contributed by atoms with E-state index in [1.54, 1.807) is 0 Å². The van der Waals surface area contributed by atoms with Crippen LogP contribution in [-0.2, 0) is 9.84 Å². The lowest BCUT2D eigenvalue weighted by Crippen LogP contribution is -2.43. The molecule has 2 heterocycles. The van der Waals surface area contributed by atoms with Crippen LogP contribution in [0.2, 0.25) is 0 Å². The van der Waals surface area contributed by atoms with Crippen molar-refractivity contribution in [3.8, 4) is 0 Å². The van der Waals surface area contributed by atoms with Gasteiger partial charge >= 0.3 is 0 Å². The fourth-order valence-corrected chi connectivity index (χ4v) is 3.55. The van der Waals surface area contributed by atoms with Crippen molar-refractivity contribution < 1.29 is 13.2 Å². The lowest BCUT2D eigenvalue weighted by molar-refractivity contribution is 0.0933. The highest BCUT2D eigenvalue weighted by molar-refractivity contribution is 7.91. The fraction of sp³-hybridized carbons (Fsp3) is 0.500. The van der Waals surface area contributed by atoms with Gasteiger partial charge in [0, 0.05) is 6.04 Å². The van der Waals surface area contributed by atoms with E-state index >= 15 is 0 Å². The van der Waals surface area contributed by atoms with Gasteiger partial charge in [0.2, 0.25) is 0 Å². The summed E-state index contributed by atoms with van der Waals surface area (Å²) in [4.78, 5) is 19.6. The molecule has 1 aliphatic rings. The number of aromatic nitrogens is 2. The van der Waals surface area contributed by atoms with Crippen LogP contribution in [0.15, 0.2) is 12.4 Å². The van der Waals surface area contributed by atoms with Crippen LogP contribution in [0.1, 0.15) is 23.3 Å². The number of hydrogen-bond acceptors (Lipinski definition) is 7. The Hall–Kier alpha value is -1.74. The number of nitrogens with one attached hydrogen (secondary N) is 2. The molecule has 0 aliphatic carbocycles. The Bertz CT molecular complexity index is 557. The van der Waals surface area contributed by atoms with E-state index in [2.05, 4.69) is 20.7 Å². The molecule has 1 saturated heterocycles. The molecule has 19 heavy (non-hydrogen) atoms. The molecule has 1 aromatic rings. The Labute approximate surface area is 110 Å². The van der Waals surface area contributed by atoms with Crippen molar-refractivity contribution in [3.63, 3.8) is 0 Å². The number of nitrogen functional groups attached to an aromatic ring is 1. The summed E-state index contributed by atoms with van der Waals surface area (Å²) in [5.74, 6) is 5.22. The molecule has 0 radical (unpaired) electrons. The van der Waals surface area contributed by atoms with Gasteiger partial charge in [-0.15, -0.1) is 0 Å². The highest BCUT2D eigenvalue weighted by atomic mass is 32.2. The van der Waals surface area contributed by atoms with Crippen molar-refractivity contribution in [3.05, 3.63) is 18.1 Å². The van der Waals surface area contributed by atoms with Gasteiger partial charge in [-0.1, -0.05) is 0 Å². The van der Waals surface area contributed by atoms with Crippen LogP contribution in [0.3, 0.4) is 0 Å². The van der Waals surface area contributed by atoms with Gasteiger partial charge in [-0.25, -0.2) is 24.2 Å². The molecule has 1 atom stereocenters. The number of carbonyl (C=O) groups is 1. The first-order chi connectivity index (χ1) is 9.00. The van der Waals surface area contributed by atoms with Gasteiger partial charge in [0.25, 0.3) is 5.91 Å². The second-order valence-electron chi connectivity index (χ2n) is 4.36. The maximum absolute atomic E-state index is 11.9. The molecular formula is C10H15N5O3S. The van der Waals surface area contributed by atoms with Crippen molar-refractivity contribution in [2.24, 2.45) is 5.84 Å². The van der Waals surface area contributed by atoms with E-state index in [1.807, 2.05) is 0 Å². The zero-order valence-electron chi connectivity index (χ0n) is 10.2. The SMILES string of the molecule is NNc1cnc(C(=O)NC2CCCS(=O)(=O)C2)cn1. The van der Waals surface area contributed by atoms with Gasteiger partial charge in [-0.05, 0) is 12.8 Å². The minimum absolute atomic E-state index is 0.0192. The van der Waals surface area contributed by atoms with Crippen LogP contribution >= 0.6 is 0 Å². The Balaban J connectivity index is 2.00. The number of nitrogens with two attached hydrogens (primary N) is 1. The summed E-state index contributed by atoms with van der Waals surface area (Å²) >= 11 is 0. The van der Waals surface area contributed by atoms with E-state index in [1.165, 1.54) is 12.4 Å². The largest absolute Gasteiger partial charge is 0.347 e. The predicted octanol–water partition coefficient (Wildman–Crippen LogP) is -0.931. The highest BCUT2D eigenvalue weighted by Crippen LogP contribution is 2.12. The standard InChI is InChI=1S/C10H15N5O3S/c11-15-9-5-12-8(4-13-9)10(16)14-7-2-1-3-19(17,18)6-7/h4-5,7H,1-3,6,11H2,(H,13,15)(H,14,16). The number of carbonyl (C=O) groups excluding carboxylic acids is 1. The van der Waals surface area contributed by atoms with Crippen LogP contribution in [0.5, 0.6) is 0 Å². The molecule has 0 saturated carbocycles. The van der Waals surface area contributed by atoms with Crippen molar-refractivity contribution >= 4 is 21.6 Å². The molecule has 9 heteroatoms. The van der Waals surface area contributed by atoms with Crippen LogP contribution in [0.25, 0.3) is 0 Å². The number of rotatable bonds is 3. The lowest BCUT2D eigenvalue weighted by atomic mass is 10.2. The molecule has 1 aliphatic heterocycles. The number of nitrogens with zero attached hydrogens (tertiary/aromatic N) is 2. The molecule has 1 amide bonds. The Morgan fingerprint density at radius 2 is 2.16 bits per heavy atom. The molecule has 1 unspecified atom stereocenters. The molecule has 0 spiro atoms. The van der Waals surface area contributed by atoms with E-state index < -0.39 is 15.7 Å². The predicted molar refractivity (Wildman–Crippen MR) is 69.0 cm³/mol. The Morgan fingerprint density at radius 3 is 2.74 bits per heavy atom. The average Bonchev–Trinajstić information content (AvgIpc) is 2.37. The summed E-state index contributed by atoms with van der Waals surface area (Å²) in [6, 6.07) is -0.361. The molecule has 104 valence electrons. The second kappa shape index (κ2) is 5.49.